The number of unbranched alkanes of at least 4 members (excludes halogenated alkanes) is 1. The molecule has 3 rings (SSSR count). The quantitative estimate of drug-likeness (QED) is 0.667. The summed E-state index contributed by atoms with van der Waals surface area (Å²) in [4.78, 5) is 36.6. The van der Waals surface area contributed by atoms with Crippen molar-refractivity contribution in [3.8, 4) is 0 Å². The van der Waals surface area contributed by atoms with Crippen LogP contribution in [0.2, 0.25) is 0 Å². The molecule has 1 amide bonds. The second-order valence-electron chi connectivity index (χ2n) is 5.95. The molecule has 1 spiro atoms. The Labute approximate surface area is 129 Å². The number of benzene rings is 1. The molecule has 0 aromatic heterocycles. The first kappa shape index (κ1) is 14.8. The Morgan fingerprint density at radius 1 is 1.32 bits per heavy atom. The lowest BCUT2D eigenvalue weighted by Crippen LogP contribution is -2.28. The van der Waals surface area contributed by atoms with Gasteiger partial charge in [0, 0.05) is 5.69 Å². The molecule has 3 atom stereocenters. The van der Waals surface area contributed by atoms with Gasteiger partial charge in [-0.2, -0.15) is 0 Å². The van der Waals surface area contributed by atoms with Crippen LogP contribution in [0.15, 0.2) is 24.3 Å². The molecule has 1 aromatic rings. The van der Waals surface area contributed by atoms with Gasteiger partial charge in [0.2, 0.25) is 11.7 Å². The second kappa shape index (κ2) is 5.23. The Bertz CT molecular complexity index is 654. The maximum atomic E-state index is 12.6. The number of ether oxygens (including phenoxy) is 1. The second-order valence-corrected chi connectivity index (χ2v) is 5.95. The van der Waals surface area contributed by atoms with Crippen LogP contribution in [0.25, 0.3) is 0 Å². The topological polar surface area (TPSA) is 72.5 Å². The number of ketones is 1. The van der Waals surface area contributed by atoms with Crippen LogP contribution in [0.3, 0.4) is 0 Å². The van der Waals surface area contributed by atoms with Crippen molar-refractivity contribution in [1.82, 2.24) is 0 Å². The van der Waals surface area contributed by atoms with Crippen LogP contribution in [-0.2, 0) is 24.5 Å². The van der Waals surface area contributed by atoms with Gasteiger partial charge in [-0.25, -0.2) is 4.79 Å². The molecule has 0 unspecified atom stereocenters. The molecule has 5 nitrogen and oxygen atoms in total. The van der Waals surface area contributed by atoms with E-state index in [1.807, 2.05) is 24.3 Å². The first-order chi connectivity index (χ1) is 10.6. The van der Waals surface area contributed by atoms with E-state index in [9.17, 15) is 14.4 Å². The van der Waals surface area contributed by atoms with Crippen LogP contribution in [0.1, 0.15) is 31.7 Å². The van der Waals surface area contributed by atoms with E-state index in [1.54, 1.807) is 0 Å². The standard InChI is InChI=1S/C17H19NO4/c1-3-4-7-11-13(14(19)15(20)22-2)17(11)10-8-5-6-9-12(10)18-16(17)21/h5-6,8-9,11,13H,3-4,7H2,1-2H3,(H,18,21)/t11-,13+,17-/m0/s1. The number of hydrogen-bond donors (Lipinski definition) is 1. The van der Waals surface area contributed by atoms with E-state index in [1.165, 1.54) is 7.11 Å². The lowest BCUT2D eigenvalue weighted by atomic mass is 9.91. The van der Waals surface area contributed by atoms with Gasteiger partial charge in [0.25, 0.3) is 0 Å². The van der Waals surface area contributed by atoms with Gasteiger partial charge >= 0.3 is 5.97 Å². The summed E-state index contributed by atoms with van der Waals surface area (Å²) >= 11 is 0. The fourth-order valence-electron chi connectivity index (χ4n) is 3.87. The van der Waals surface area contributed by atoms with Gasteiger partial charge in [0.15, 0.2) is 0 Å². The third kappa shape index (κ3) is 1.81. The number of para-hydroxylation sites is 1. The van der Waals surface area contributed by atoms with Crippen molar-refractivity contribution in [2.24, 2.45) is 11.8 Å². The number of carbonyl (C=O) groups is 3. The monoisotopic (exact) mass is 301 g/mol. The highest BCUT2D eigenvalue weighted by Gasteiger charge is 2.75. The van der Waals surface area contributed by atoms with Gasteiger partial charge in [-0.05, 0) is 24.0 Å². The predicted molar refractivity (Wildman–Crippen MR) is 80.3 cm³/mol. The van der Waals surface area contributed by atoms with Crippen molar-refractivity contribution in [2.45, 2.75) is 31.6 Å². The first-order valence-corrected chi connectivity index (χ1v) is 7.62. The lowest BCUT2D eigenvalue weighted by Gasteiger charge is -2.08. The van der Waals surface area contributed by atoms with Gasteiger partial charge in [0.05, 0.1) is 18.4 Å². The van der Waals surface area contributed by atoms with Crippen molar-refractivity contribution in [3.63, 3.8) is 0 Å². The Balaban J connectivity index is 2.01. The van der Waals surface area contributed by atoms with E-state index >= 15 is 0 Å². The number of anilines is 1. The molecule has 22 heavy (non-hydrogen) atoms. The van der Waals surface area contributed by atoms with Crippen LogP contribution < -0.4 is 5.32 Å². The number of methoxy groups -OCH3 is 1. The number of carbonyl (C=O) groups excluding carboxylic acids is 3. The number of hydrogen-bond acceptors (Lipinski definition) is 4. The molecule has 1 aromatic carbocycles. The zero-order valence-corrected chi connectivity index (χ0v) is 12.7. The minimum absolute atomic E-state index is 0.123. The number of amides is 1. The Kier molecular flexibility index (Phi) is 3.51. The normalized spacial score (nSPS) is 28.2. The molecule has 0 saturated heterocycles. The lowest BCUT2D eigenvalue weighted by molar-refractivity contribution is -0.152. The highest BCUT2D eigenvalue weighted by molar-refractivity contribution is 6.37. The fourth-order valence-corrected chi connectivity index (χ4v) is 3.87. The van der Waals surface area contributed by atoms with Crippen molar-refractivity contribution in [3.05, 3.63) is 29.8 Å². The van der Waals surface area contributed by atoms with Crippen LogP contribution in [0, 0.1) is 11.8 Å². The number of rotatable bonds is 5. The minimum atomic E-state index is -0.878. The summed E-state index contributed by atoms with van der Waals surface area (Å²) in [6.07, 6.45) is 2.66. The third-order valence-electron chi connectivity index (χ3n) is 4.90. The summed E-state index contributed by atoms with van der Waals surface area (Å²) in [6, 6.07) is 7.40. The van der Waals surface area contributed by atoms with Crippen molar-refractivity contribution >= 4 is 23.3 Å². The summed E-state index contributed by atoms with van der Waals surface area (Å²) < 4.78 is 4.57. The number of esters is 1. The van der Waals surface area contributed by atoms with Gasteiger partial charge < -0.3 is 10.1 Å². The zero-order valence-electron chi connectivity index (χ0n) is 12.7. The highest BCUT2D eigenvalue weighted by Crippen LogP contribution is 2.66. The summed E-state index contributed by atoms with van der Waals surface area (Å²) in [6.45, 7) is 2.06. The minimum Gasteiger partial charge on any atom is -0.463 e. The number of fused-ring (bicyclic) bond motifs is 2. The van der Waals surface area contributed by atoms with Gasteiger partial charge in [-0.15, -0.1) is 0 Å². The molecular weight excluding hydrogens is 282 g/mol. The molecule has 1 heterocycles. The molecule has 116 valence electrons. The van der Waals surface area contributed by atoms with E-state index in [0.717, 1.165) is 30.5 Å². The first-order valence-electron chi connectivity index (χ1n) is 7.62. The largest absolute Gasteiger partial charge is 0.463 e. The van der Waals surface area contributed by atoms with Gasteiger partial charge in [-0.3, -0.25) is 9.59 Å². The van der Waals surface area contributed by atoms with Crippen LogP contribution in [-0.4, -0.2) is 24.8 Å². The Hall–Kier alpha value is -2.17. The van der Waals surface area contributed by atoms with Gasteiger partial charge in [0.1, 0.15) is 0 Å². The van der Waals surface area contributed by atoms with Crippen LogP contribution in [0.5, 0.6) is 0 Å². The van der Waals surface area contributed by atoms with Crippen molar-refractivity contribution in [1.29, 1.82) is 0 Å². The average Bonchev–Trinajstić information content (AvgIpc) is 3.11. The smallest absolute Gasteiger partial charge is 0.374 e. The van der Waals surface area contributed by atoms with E-state index in [0.29, 0.717) is 0 Å². The van der Waals surface area contributed by atoms with Crippen LogP contribution >= 0.6 is 0 Å². The summed E-state index contributed by atoms with van der Waals surface area (Å²) in [5, 5.41) is 2.86. The van der Waals surface area contributed by atoms with E-state index < -0.39 is 23.1 Å². The molecular formula is C17H19NO4. The molecule has 2 aliphatic rings. The van der Waals surface area contributed by atoms with Crippen molar-refractivity contribution < 1.29 is 19.1 Å². The Morgan fingerprint density at radius 3 is 2.73 bits per heavy atom. The Morgan fingerprint density at radius 2 is 2.05 bits per heavy atom. The molecule has 1 aliphatic carbocycles. The van der Waals surface area contributed by atoms with E-state index in [4.69, 9.17) is 0 Å². The molecule has 1 fully saturated rings. The van der Waals surface area contributed by atoms with Crippen LogP contribution in [0.4, 0.5) is 5.69 Å². The molecule has 1 aliphatic heterocycles. The highest BCUT2D eigenvalue weighted by atomic mass is 16.5. The number of Topliss-reactive ketones (excluding diaryl/α,β-unsaturated/α-hetero) is 1. The SMILES string of the molecule is CCCC[C@H]1[C@H](C(=O)C(=O)OC)[C@@]12C(=O)Nc1ccccc12. The maximum Gasteiger partial charge on any atom is 0.374 e. The summed E-state index contributed by atoms with van der Waals surface area (Å²) in [5.74, 6) is -2.34. The predicted octanol–water partition coefficient (Wildman–Crippen LogP) is 2.05. The maximum absolute atomic E-state index is 12.6. The van der Waals surface area contributed by atoms with E-state index in [2.05, 4.69) is 17.0 Å². The van der Waals surface area contributed by atoms with Crippen molar-refractivity contribution in [2.75, 3.05) is 12.4 Å². The average molecular weight is 301 g/mol. The fraction of sp³-hybridized carbons (Fsp3) is 0.471. The van der Waals surface area contributed by atoms with Gasteiger partial charge in [-0.1, -0.05) is 38.0 Å². The molecule has 1 saturated carbocycles. The third-order valence-corrected chi connectivity index (χ3v) is 4.90. The molecule has 1 N–H and O–H groups in total. The summed E-state index contributed by atoms with van der Waals surface area (Å²) in [5.41, 5.74) is 0.703. The molecule has 5 heteroatoms. The summed E-state index contributed by atoms with van der Waals surface area (Å²) in [7, 11) is 1.19. The van der Waals surface area contributed by atoms with E-state index in [-0.39, 0.29) is 11.8 Å². The molecule has 0 bridgehead atoms. The molecule has 0 radical (unpaired) electrons. The zero-order chi connectivity index (χ0) is 15.9. The number of nitrogens with one attached hydrogen (secondary N) is 1.